The third-order valence-corrected chi connectivity index (χ3v) is 5.11. The molecule has 1 aromatic heterocycles. The zero-order valence-corrected chi connectivity index (χ0v) is 16.7. The predicted octanol–water partition coefficient (Wildman–Crippen LogP) is 1.81. The van der Waals surface area contributed by atoms with Gasteiger partial charge in [-0.1, -0.05) is 17.8 Å². The second kappa shape index (κ2) is 9.37. The van der Waals surface area contributed by atoms with E-state index in [0.717, 1.165) is 0 Å². The number of aromatic nitrogens is 1. The number of nitrogens with zero attached hydrogens (tertiary/aromatic N) is 3. The average Bonchev–Trinajstić information content (AvgIpc) is 3.04. The molecule has 2 aromatic rings. The molecule has 0 bridgehead atoms. The standard InChI is InChI=1S/C19H18N4O6S/c1-29-19(26)15-11-22(6-7-24)18(25)17(15)21-12-8-13(23(27)28)10-14(9-12)30-16-4-2-3-5-20-16/h2-5,8-10,21,24H,6-7,11H2,1H3. The summed E-state index contributed by atoms with van der Waals surface area (Å²) in [6.45, 7) is -0.256. The first kappa shape index (κ1) is 21.3. The Morgan fingerprint density at radius 2 is 2.20 bits per heavy atom. The summed E-state index contributed by atoms with van der Waals surface area (Å²) in [5, 5.41) is 24.0. The van der Waals surface area contributed by atoms with E-state index in [1.165, 1.54) is 35.9 Å². The molecule has 3 rings (SSSR count). The van der Waals surface area contributed by atoms with Gasteiger partial charge in [-0.3, -0.25) is 14.9 Å². The fraction of sp³-hybridized carbons (Fsp3) is 0.211. The Morgan fingerprint density at radius 1 is 1.40 bits per heavy atom. The van der Waals surface area contributed by atoms with Crippen LogP contribution in [0.25, 0.3) is 0 Å². The Labute approximate surface area is 175 Å². The summed E-state index contributed by atoms with van der Waals surface area (Å²) in [7, 11) is 1.20. The number of aliphatic hydroxyl groups is 1. The molecule has 0 saturated heterocycles. The number of esters is 1. The summed E-state index contributed by atoms with van der Waals surface area (Å²) in [5.74, 6) is -1.20. The van der Waals surface area contributed by atoms with Crippen molar-refractivity contribution in [2.75, 3.05) is 32.1 Å². The van der Waals surface area contributed by atoms with Crippen LogP contribution in [0, 0.1) is 10.1 Å². The number of carbonyl (C=O) groups excluding carboxylic acids is 2. The summed E-state index contributed by atoms with van der Waals surface area (Å²) in [6, 6.07) is 9.61. The van der Waals surface area contributed by atoms with E-state index in [9.17, 15) is 19.7 Å². The van der Waals surface area contributed by atoms with Gasteiger partial charge in [0.2, 0.25) is 0 Å². The molecular formula is C19H18N4O6S. The number of pyridine rings is 1. The van der Waals surface area contributed by atoms with Crippen molar-refractivity contribution in [2.45, 2.75) is 9.92 Å². The van der Waals surface area contributed by atoms with E-state index in [-0.39, 0.29) is 42.3 Å². The van der Waals surface area contributed by atoms with E-state index < -0.39 is 16.8 Å². The number of hydrogen-bond donors (Lipinski definition) is 2. The minimum absolute atomic E-state index is 0.0289. The molecule has 10 nitrogen and oxygen atoms in total. The Morgan fingerprint density at radius 3 is 2.83 bits per heavy atom. The largest absolute Gasteiger partial charge is 0.466 e. The normalized spacial score (nSPS) is 13.5. The summed E-state index contributed by atoms with van der Waals surface area (Å²) >= 11 is 1.22. The van der Waals surface area contributed by atoms with Crippen molar-refractivity contribution in [1.29, 1.82) is 0 Å². The lowest BCUT2D eigenvalue weighted by Gasteiger charge is -2.15. The maximum absolute atomic E-state index is 12.7. The number of non-ortho nitro benzene ring substituents is 1. The number of rotatable bonds is 8. The number of hydrogen-bond acceptors (Lipinski definition) is 9. The molecule has 11 heteroatoms. The number of β-amino-alcohol motifs (C(OH)–C–C–N with tert-alkyl or cyclic N) is 1. The Hall–Kier alpha value is -3.44. The van der Waals surface area contributed by atoms with Crippen molar-refractivity contribution in [2.24, 2.45) is 0 Å². The van der Waals surface area contributed by atoms with Gasteiger partial charge in [0.1, 0.15) is 10.7 Å². The van der Waals surface area contributed by atoms with Crippen LogP contribution in [0.5, 0.6) is 0 Å². The van der Waals surface area contributed by atoms with Crippen molar-refractivity contribution in [1.82, 2.24) is 9.88 Å². The monoisotopic (exact) mass is 430 g/mol. The predicted molar refractivity (Wildman–Crippen MR) is 108 cm³/mol. The van der Waals surface area contributed by atoms with Crippen LogP contribution in [0.15, 0.2) is 63.8 Å². The number of anilines is 1. The third-order valence-electron chi connectivity index (χ3n) is 4.19. The molecule has 2 N–H and O–H groups in total. The highest BCUT2D eigenvalue weighted by Crippen LogP contribution is 2.33. The fourth-order valence-electron chi connectivity index (χ4n) is 2.84. The van der Waals surface area contributed by atoms with Crippen LogP contribution >= 0.6 is 11.8 Å². The lowest BCUT2D eigenvalue weighted by Crippen LogP contribution is -2.31. The first-order valence-corrected chi connectivity index (χ1v) is 9.61. The Balaban J connectivity index is 1.96. The van der Waals surface area contributed by atoms with Gasteiger partial charge in [0.05, 0.1) is 30.8 Å². The van der Waals surface area contributed by atoms with Gasteiger partial charge < -0.3 is 20.1 Å². The number of amides is 1. The number of ether oxygens (including phenoxy) is 1. The molecule has 1 aromatic carbocycles. The third kappa shape index (κ3) is 4.75. The van der Waals surface area contributed by atoms with Gasteiger partial charge in [0.15, 0.2) is 0 Å². The maximum atomic E-state index is 12.7. The molecule has 0 saturated carbocycles. The van der Waals surface area contributed by atoms with Gasteiger partial charge in [-0.15, -0.1) is 0 Å². The highest BCUT2D eigenvalue weighted by molar-refractivity contribution is 7.99. The van der Waals surface area contributed by atoms with Gasteiger partial charge in [0, 0.05) is 35.5 Å². The molecule has 0 aliphatic carbocycles. The summed E-state index contributed by atoms with van der Waals surface area (Å²) < 4.78 is 4.74. The fourth-order valence-corrected chi connectivity index (χ4v) is 3.71. The molecule has 1 aliphatic heterocycles. The number of nitro groups is 1. The molecular weight excluding hydrogens is 412 g/mol. The Bertz CT molecular complexity index is 1010. The number of methoxy groups -OCH3 is 1. The van der Waals surface area contributed by atoms with Crippen LogP contribution in [0.3, 0.4) is 0 Å². The number of benzene rings is 1. The van der Waals surface area contributed by atoms with E-state index in [0.29, 0.717) is 9.92 Å². The van der Waals surface area contributed by atoms with Crippen LogP contribution in [0.2, 0.25) is 0 Å². The average molecular weight is 430 g/mol. The molecule has 0 radical (unpaired) electrons. The SMILES string of the molecule is COC(=O)C1=C(Nc2cc(Sc3ccccn3)cc([N+](=O)[O-])c2)C(=O)N(CCO)C1. The van der Waals surface area contributed by atoms with E-state index in [1.54, 1.807) is 30.5 Å². The van der Waals surface area contributed by atoms with E-state index in [1.807, 2.05) is 0 Å². The van der Waals surface area contributed by atoms with Crippen molar-refractivity contribution in [3.8, 4) is 0 Å². The first-order valence-electron chi connectivity index (χ1n) is 8.80. The Kier molecular flexibility index (Phi) is 6.65. The minimum Gasteiger partial charge on any atom is -0.466 e. The van der Waals surface area contributed by atoms with Gasteiger partial charge in [-0.25, -0.2) is 9.78 Å². The summed E-state index contributed by atoms with van der Waals surface area (Å²) in [4.78, 5) is 41.6. The van der Waals surface area contributed by atoms with Crippen molar-refractivity contribution in [3.05, 3.63) is 64.0 Å². The molecule has 0 spiro atoms. The zero-order chi connectivity index (χ0) is 21.7. The molecule has 0 fully saturated rings. The molecule has 30 heavy (non-hydrogen) atoms. The highest BCUT2D eigenvalue weighted by Gasteiger charge is 2.34. The van der Waals surface area contributed by atoms with Crippen LogP contribution in [0.4, 0.5) is 11.4 Å². The number of carbonyl (C=O) groups is 2. The van der Waals surface area contributed by atoms with Crippen molar-refractivity contribution < 1.29 is 24.4 Å². The lowest BCUT2D eigenvalue weighted by atomic mass is 10.2. The lowest BCUT2D eigenvalue weighted by molar-refractivity contribution is -0.385. The maximum Gasteiger partial charge on any atom is 0.337 e. The summed E-state index contributed by atoms with van der Waals surface area (Å²) in [5.41, 5.74) is 0.125. The van der Waals surface area contributed by atoms with Gasteiger partial charge >= 0.3 is 5.97 Å². The molecule has 0 atom stereocenters. The van der Waals surface area contributed by atoms with Gasteiger partial charge in [-0.05, 0) is 18.2 Å². The molecule has 156 valence electrons. The van der Waals surface area contributed by atoms with Crippen molar-refractivity contribution in [3.63, 3.8) is 0 Å². The minimum atomic E-state index is -0.695. The van der Waals surface area contributed by atoms with Crippen LogP contribution in [-0.2, 0) is 14.3 Å². The molecule has 0 unspecified atom stereocenters. The van der Waals surface area contributed by atoms with Crippen LogP contribution in [0.1, 0.15) is 0 Å². The zero-order valence-electron chi connectivity index (χ0n) is 15.9. The second-order valence-corrected chi connectivity index (χ2v) is 7.26. The molecule has 1 aliphatic rings. The quantitative estimate of drug-likeness (QED) is 0.365. The number of nitrogens with one attached hydrogen (secondary N) is 1. The topological polar surface area (TPSA) is 135 Å². The molecule has 2 heterocycles. The van der Waals surface area contributed by atoms with Gasteiger partial charge in [-0.2, -0.15) is 0 Å². The van der Waals surface area contributed by atoms with E-state index in [2.05, 4.69) is 10.3 Å². The highest BCUT2D eigenvalue weighted by atomic mass is 32.2. The second-order valence-electron chi connectivity index (χ2n) is 6.16. The number of aliphatic hydroxyl groups excluding tert-OH is 1. The first-order chi connectivity index (χ1) is 14.4. The van der Waals surface area contributed by atoms with Crippen molar-refractivity contribution >= 4 is 35.0 Å². The van der Waals surface area contributed by atoms with Crippen LogP contribution < -0.4 is 5.32 Å². The number of nitro benzene ring substituents is 1. The van der Waals surface area contributed by atoms with E-state index in [4.69, 9.17) is 9.84 Å². The van der Waals surface area contributed by atoms with E-state index >= 15 is 0 Å². The molecule has 1 amide bonds. The smallest absolute Gasteiger partial charge is 0.337 e. The van der Waals surface area contributed by atoms with Gasteiger partial charge in [0.25, 0.3) is 11.6 Å². The summed E-state index contributed by atoms with van der Waals surface area (Å²) in [6.07, 6.45) is 1.61. The van der Waals surface area contributed by atoms with Crippen LogP contribution in [-0.4, -0.2) is 58.6 Å².